The quantitative estimate of drug-likeness (QED) is 0.634. The fourth-order valence-electron chi connectivity index (χ4n) is 3.07. The molecule has 2 aromatic rings. The van der Waals surface area contributed by atoms with Crippen molar-refractivity contribution in [2.75, 3.05) is 6.61 Å². The summed E-state index contributed by atoms with van der Waals surface area (Å²) in [5.74, 6) is 0.468. The molecule has 29 heavy (non-hydrogen) atoms. The summed E-state index contributed by atoms with van der Waals surface area (Å²) in [7, 11) is 0. The average Bonchev–Trinajstić information content (AvgIpc) is 2.95. The van der Waals surface area contributed by atoms with E-state index < -0.39 is 5.91 Å². The first-order valence-corrected chi connectivity index (χ1v) is 10.1. The molecule has 7 nitrogen and oxygen atoms in total. The van der Waals surface area contributed by atoms with Gasteiger partial charge in [-0.3, -0.25) is 25.1 Å². The van der Waals surface area contributed by atoms with Crippen LogP contribution in [-0.4, -0.2) is 28.2 Å². The van der Waals surface area contributed by atoms with Gasteiger partial charge in [0, 0.05) is 18.7 Å². The number of aryl methyl sites for hydroxylation is 2. The zero-order valence-electron chi connectivity index (χ0n) is 18.0. The van der Waals surface area contributed by atoms with Gasteiger partial charge in [-0.05, 0) is 55.9 Å². The van der Waals surface area contributed by atoms with E-state index in [-0.39, 0.29) is 18.9 Å². The molecule has 0 atom stereocenters. The number of aromatic nitrogens is 2. The third kappa shape index (κ3) is 6.93. The van der Waals surface area contributed by atoms with Gasteiger partial charge >= 0.3 is 0 Å². The Morgan fingerprint density at radius 1 is 1.10 bits per heavy atom. The third-order valence-electron chi connectivity index (χ3n) is 4.71. The zero-order chi connectivity index (χ0) is 21.4. The van der Waals surface area contributed by atoms with Gasteiger partial charge in [-0.15, -0.1) is 0 Å². The van der Waals surface area contributed by atoms with Gasteiger partial charge in [-0.25, -0.2) is 0 Å². The molecule has 7 heteroatoms. The number of carbonyl (C=O) groups is 2. The first-order valence-electron chi connectivity index (χ1n) is 10.1. The van der Waals surface area contributed by atoms with E-state index in [1.807, 2.05) is 42.8 Å². The molecule has 0 fully saturated rings. The van der Waals surface area contributed by atoms with Crippen molar-refractivity contribution in [2.24, 2.45) is 5.92 Å². The van der Waals surface area contributed by atoms with E-state index in [4.69, 9.17) is 4.74 Å². The highest BCUT2D eigenvalue weighted by atomic mass is 16.5. The number of carbonyl (C=O) groups excluding carboxylic acids is 2. The molecule has 2 rings (SSSR count). The van der Waals surface area contributed by atoms with Crippen molar-refractivity contribution in [1.29, 1.82) is 0 Å². The van der Waals surface area contributed by atoms with E-state index in [2.05, 4.69) is 36.7 Å². The lowest BCUT2D eigenvalue weighted by Gasteiger charge is -2.10. The van der Waals surface area contributed by atoms with Crippen molar-refractivity contribution in [3.8, 4) is 5.75 Å². The molecule has 2 amide bonds. The lowest BCUT2D eigenvalue weighted by Crippen LogP contribution is -2.43. The summed E-state index contributed by atoms with van der Waals surface area (Å²) in [5.41, 5.74) is 9.16. The fourth-order valence-corrected chi connectivity index (χ4v) is 3.07. The average molecular weight is 401 g/mol. The van der Waals surface area contributed by atoms with Crippen molar-refractivity contribution in [2.45, 2.75) is 60.4 Å². The summed E-state index contributed by atoms with van der Waals surface area (Å²) >= 11 is 0. The summed E-state index contributed by atoms with van der Waals surface area (Å²) in [6.45, 7) is 11.1. The van der Waals surface area contributed by atoms with E-state index in [1.54, 1.807) is 0 Å². The van der Waals surface area contributed by atoms with Crippen molar-refractivity contribution in [1.82, 2.24) is 20.6 Å². The van der Waals surface area contributed by atoms with E-state index in [9.17, 15) is 9.59 Å². The molecule has 0 aliphatic rings. The molecule has 0 bridgehead atoms. The Bertz CT molecular complexity index is 825. The van der Waals surface area contributed by atoms with Gasteiger partial charge in [0.05, 0.1) is 5.69 Å². The highest BCUT2D eigenvalue weighted by Gasteiger charge is 2.14. The number of benzene rings is 1. The maximum Gasteiger partial charge on any atom is 0.276 e. The molecule has 1 aromatic heterocycles. The highest BCUT2D eigenvalue weighted by molar-refractivity contribution is 5.82. The standard InChI is InChI=1S/C22H32N4O3/c1-6-18-7-9-19(10-8-18)29-14-22(28)24-23-21(27)12-11-20-16(4)25-26(17(20)5)13-15(2)3/h7-10,15H,6,11-14H2,1-5H3,(H,23,27)(H,24,28). The Kier molecular flexibility index (Phi) is 8.24. The van der Waals surface area contributed by atoms with Crippen molar-refractivity contribution in [3.63, 3.8) is 0 Å². The molecule has 0 spiro atoms. The monoisotopic (exact) mass is 400 g/mol. The van der Waals surface area contributed by atoms with Gasteiger partial charge < -0.3 is 4.74 Å². The minimum absolute atomic E-state index is 0.161. The molecule has 0 aliphatic carbocycles. The van der Waals surface area contributed by atoms with Crippen LogP contribution in [0.25, 0.3) is 0 Å². The molecule has 158 valence electrons. The molecule has 1 aromatic carbocycles. The Hall–Kier alpha value is -2.83. The normalized spacial score (nSPS) is 10.8. The molecular weight excluding hydrogens is 368 g/mol. The maximum absolute atomic E-state index is 12.1. The summed E-state index contributed by atoms with van der Waals surface area (Å²) in [6, 6.07) is 7.58. The summed E-state index contributed by atoms with van der Waals surface area (Å²) in [6.07, 6.45) is 1.80. The number of hydrazine groups is 1. The number of rotatable bonds is 9. The van der Waals surface area contributed by atoms with Crippen LogP contribution in [-0.2, 0) is 29.0 Å². The van der Waals surface area contributed by atoms with E-state index in [1.165, 1.54) is 5.56 Å². The van der Waals surface area contributed by atoms with Crippen LogP contribution in [0.2, 0.25) is 0 Å². The number of nitrogens with zero attached hydrogens (tertiary/aromatic N) is 2. The smallest absolute Gasteiger partial charge is 0.276 e. The number of hydrogen-bond acceptors (Lipinski definition) is 4. The fraction of sp³-hybridized carbons (Fsp3) is 0.500. The van der Waals surface area contributed by atoms with Crippen LogP contribution in [0, 0.1) is 19.8 Å². The number of nitrogens with one attached hydrogen (secondary N) is 2. The maximum atomic E-state index is 12.1. The van der Waals surface area contributed by atoms with Gasteiger partial charge in [0.15, 0.2) is 6.61 Å². The van der Waals surface area contributed by atoms with E-state index in [0.29, 0.717) is 18.1 Å². The predicted molar refractivity (Wildman–Crippen MR) is 112 cm³/mol. The second-order valence-corrected chi connectivity index (χ2v) is 7.61. The van der Waals surface area contributed by atoms with E-state index >= 15 is 0 Å². The summed E-state index contributed by atoms with van der Waals surface area (Å²) in [4.78, 5) is 23.9. The zero-order valence-corrected chi connectivity index (χ0v) is 18.0. The van der Waals surface area contributed by atoms with Crippen LogP contribution in [0.1, 0.15) is 49.7 Å². The van der Waals surface area contributed by atoms with Crippen LogP contribution >= 0.6 is 0 Å². The van der Waals surface area contributed by atoms with Crippen molar-refractivity contribution in [3.05, 3.63) is 46.8 Å². The van der Waals surface area contributed by atoms with Crippen molar-refractivity contribution >= 4 is 11.8 Å². The minimum Gasteiger partial charge on any atom is -0.484 e. The lowest BCUT2D eigenvalue weighted by molar-refractivity contribution is -0.130. The molecule has 0 aliphatic heterocycles. The third-order valence-corrected chi connectivity index (χ3v) is 4.71. The van der Waals surface area contributed by atoms with Crippen LogP contribution in [0.5, 0.6) is 5.75 Å². The van der Waals surface area contributed by atoms with Gasteiger partial charge in [-0.1, -0.05) is 32.9 Å². The van der Waals surface area contributed by atoms with Crippen LogP contribution < -0.4 is 15.6 Å². The Morgan fingerprint density at radius 3 is 2.38 bits per heavy atom. The first-order chi connectivity index (χ1) is 13.8. The second kappa shape index (κ2) is 10.6. The number of amides is 2. The van der Waals surface area contributed by atoms with E-state index in [0.717, 1.165) is 29.9 Å². The highest BCUT2D eigenvalue weighted by Crippen LogP contribution is 2.16. The topological polar surface area (TPSA) is 85.2 Å². The molecule has 0 saturated heterocycles. The van der Waals surface area contributed by atoms with Gasteiger partial charge in [0.1, 0.15) is 5.75 Å². The van der Waals surface area contributed by atoms with Crippen LogP contribution in [0.3, 0.4) is 0 Å². The SMILES string of the molecule is CCc1ccc(OCC(=O)NNC(=O)CCc2c(C)nn(CC(C)C)c2C)cc1. The molecule has 2 N–H and O–H groups in total. The Labute approximate surface area is 172 Å². The number of hydrogen-bond donors (Lipinski definition) is 2. The lowest BCUT2D eigenvalue weighted by atomic mass is 10.1. The molecule has 0 saturated carbocycles. The van der Waals surface area contributed by atoms with Crippen LogP contribution in [0.4, 0.5) is 0 Å². The Morgan fingerprint density at radius 2 is 1.76 bits per heavy atom. The molecule has 0 radical (unpaired) electrons. The molecule has 1 heterocycles. The largest absolute Gasteiger partial charge is 0.484 e. The molecule has 0 unspecified atom stereocenters. The van der Waals surface area contributed by atoms with Gasteiger partial charge in [0.2, 0.25) is 5.91 Å². The minimum atomic E-state index is -0.407. The van der Waals surface area contributed by atoms with Crippen molar-refractivity contribution < 1.29 is 14.3 Å². The summed E-state index contributed by atoms with van der Waals surface area (Å²) < 4.78 is 7.42. The molecular formula is C22H32N4O3. The number of ether oxygens (including phenoxy) is 1. The second-order valence-electron chi connectivity index (χ2n) is 7.61. The predicted octanol–water partition coefficient (Wildman–Crippen LogP) is 2.88. The van der Waals surface area contributed by atoms with Gasteiger partial charge in [-0.2, -0.15) is 5.10 Å². The van der Waals surface area contributed by atoms with Gasteiger partial charge in [0.25, 0.3) is 5.91 Å². The Balaban J connectivity index is 1.74. The van der Waals surface area contributed by atoms with Crippen LogP contribution in [0.15, 0.2) is 24.3 Å². The summed E-state index contributed by atoms with van der Waals surface area (Å²) in [5, 5.41) is 4.57. The first kappa shape index (κ1) is 22.5.